The monoisotopic (exact) mass is 352 g/mol. The fourth-order valence-corrected chi connectivity index (χ4v) is 4.85. The third-order valence-corrected chi connectivity index (χ3v) is 6.45. The number of benzene rings is 2. The zero-order valence-electron chi connectivity index (χ0n) is 14.7. The number of carbonyl (C=O) groups is 1. The van der Waals surface area contributed by atoms with Crippen molar-refractivity contribution in [3.8, 4) is 0 Å². The second-order valence-corrected chi connectivity index (χ2v) is 8.19. The van der Waals surface area contributed by atoms with E-state index in [9.17, 15) is 4.79 Å². The number of hydrogen-bond donors (Lipinski definition) is 0. The van der Waals surface area contributed by atoms with Crippen LogP contribution in [0.25, 0.3) is 0 Å². The van der Waals surface area contributed by atoms with E-state index in [2.05, 4.69) is 25.1 Å². The molecular formula is C22H24O2S. The van der Waals surface area contributed by atoms with Gasteiger partial charge in [0.1, 0.15) is 0 Å². The molecule has 25 heavy (non-hydrogen) atoms. The fraction of sp³-hybridized carbons (Fsp3) is 0.409. The van der Waals surface area contributed by atoms with Crippen molar-refractivity contribution in [1.82, 2.24) is 0 Å². The Morgan fingerprint density at radius 3 is 2.76 bits per heavy atom. The molecule has 1 aliphatic carbocycles. The molecule has 0 saturated heterocycles. The minimum Gasteiger partial charge on any atom is -0.378 e. The zero-order valence-corrected chi connectivity index (χ0v) is 15.5. The number of carbonyl (C=O) groups excluding carboxylic acids is 1. The molecule has 130 valence electrons. The molecule has 0 radical (unpaired) electrons. The van der Waals surface area contributed by atoms with Gasteiger partial charge in [-0.15, -0.1) is 11.8 Å². The largest absolute Gasteiger partial charge is 0.378 e. The van der Waals surface area contributed by atoms with Gasteiger partial charge in [-0.1, -0.05) is 50.1 Å². The topological polar surface area (TPSA) is 26.3 Å². The summed E-state index contributed by atoms with van der Waals surface area (Å²) in [5.74, 6) is 1.36. The van der Waals surface area contributed by atoms with E-state index < -0.39 is 0 Å². The normalized spacial score (nSPS) is 18.5. The van der Waals surface area contributed by atoms with Gasteiger partial charge in [0.05, 0.1) is 12.7 Å². The smallest absolute Gasteiger partial charge is 0.194 e. The van der Waals surface area contributed by atoms with Crippen molar-refractivity contribution in [2.45, 2.75) is 55.3 Å². The van der Waals surface area contributed by atoms with Crippen LogP contribution in [0.15, 0.2) is 47.4 Å². The standard InChI is InChI=1S/C22H24O2S/c1-15(13-24-18-7-3-4-8-18)16-10-11-20-21(12-16)25-14-17-6-2-5-9-19(17)22(20)23/h2,5-6,9-12,15,18H,3-4,7-8,13-14H2,1H3. The molecule has 2 aromatic rings. The lowest BCUT2D eigenvalue weighted by atomic mass is 9.95. The second kappa shape index (κ2) is 7.35. The van der Waals surface area contributed by atoms with Gasteiger partial charge in [-0.2, -0.15) is 0 Å². The Morgan fingerprint density at radius 1 is 1.12 bits per heavy atom. The summed E-state index contributed by atoms with van der Waals surface area (Å²) in [5, 5.41) is 0. The summed E-state index contributed by atoms with van der Waals surface area (Å²) in [6.45, 7) is 2.98. The summed E-state index contributed by atoms with van der Waals surface area (Å²) in [6, 6.07) is 14.3. The predicted octanol–water partition coefficient (Wildman–Crippen LogP) is 5.59. The van der Waals surface area contributed by atoms with Gasteiger partial charge < -0.3 is 4.74 Å². The van der Waals surface area contributed by atoms with Crippen LogP contribution in [0.3, 0.4) is 0 Å². The molecule has 1 unspecified atom stereocenters. The van der Waals surface area contributed by atoms with E-state index in [4.69, 9.17) is 4.74 Å². The second-order valence-electron chi connectivity index (χ2n) is 7.17. The Bertz CT molecular complexity index is 777. The van der Waals surface area contributed by atoms with E-state index >= 15 is 0 Å². The average Bonchev–Trinajstić information content (AvgIpc) is 3.13. The Morgan fingerprint density at radius 2 is 1.92 bits per heavy atom. The molecule has 1 atom stereocenters. The first kappa shape index (κ1) is 16.9. The lowest BCUT2D eigenvalue weighted by molar-refractivity contribution is 0.0506. The maximum atomic E-state index is 12.9. The van der Waals surface area contributed by atoms with Crippen LogP contribution in [0.2, 0.25) is 0 Å². The molecule has 0 amide bonds. The maximum Gasteiger partial charge on any atom is 0.194 e. The van der Waals surface area contributed by atoms with Gasteiger partial charge in [0.2, 0.25) is 0 Å². The molecule has 1 fully saturated rings. The Kier molecular flexibility index (Phi) is 4.96. The van der Waals surface area contributed by atoms with Gasteiger partial charge in [-0.05, 0) is 36.1 Å². The quantitative estimate of drug-likeness (QED) is 0.718. The van der Waals surface area contributed by atoms with E-state index in [-0.39, 0.29) is 5.78 Å². The number of ketones is 1. The number of fused-ring (bicyclic) bond motifs is 2. The molecule has 2 aliphatic rings. The van der Waals surface area contributed by atoms with E-state index in [1.807, 2.05) is 24.3 Å². The number of hydrogen-bond acceptors (Lipinski definition) is 3. The van der Waals surface area contributed by atoms with Gasteiger partial charge >= 0.3 is 0 Å². The molecule has 4 rings (SSSR count). The minimum atomic E-state index is 0.150. The predicted molar refractivity (Wildman–Crippen MR) is 103 cm³/mol. The van der Waals surface area contributed by atoms with Crippen LogP contribution in [-0.2, 0) is 10.5 Å². The van der Waals surface area contributed by atoms with Crippen LogP contribution in [0.5, 0.6) is 0 Å². The molecule has 1 saturated carbocycles. The summed E-state index contributed by atoms with van der Waals surface area (Å²) < 4.78 is 6.09. The van der Waals surface area contributed by atoms with Crippen molar-refractivity contribution in [2.24, 2.45) is 0 Å². The highest BCUT2D eigenvalue weighted by atomic mass is 32.2. The maximum absolute atomic E-state index is 12.9. The summed E-state index contributed by atoms with van der Waals surface area (Å²) in [6.07, 6.45) is 5.47. The lowest BCUT2D eigenvalue weighted by Gasteiger charge is -2.17. The molecule has 0 spiro atoms. The average molecular weight is 352 g/mol. The Labute approximate surface area is 154 Å². The minimum absolute atomic E-state index is 0.150. The van der Waals surface area contributed by atoms with Crippen LogP contribution in [0.4, 0.5) is 0 Å². The van der Waals surface area contributed by atoms with Crippen molar-refractivity contribution in [3.63, 3.8) is 0 Å². The van der Waals surface area contributed by atoms with Gasteiger partial charge in [-0.25, -0.2) is 0 Å². The first-order valence-electron chi connectivity index (χ1n) is 9.23. The summed E-state index contributed by atoms with van der Waals surface area (Å²) in [5.41, 5.74) is 4.08. The highest BCUT2D eigenvalue weighted by molar-refractivity contribution is 7.98. The van der Waals surface area contributed by atoms with E-state index in [1.54, 1.807) is 11.8 Å². The van der Waals surface area contributed by atoms with Crippen LogP contribution in [-0.4, -0.2) is 18.5 Å². The summed E-state index contributed by atoms with van der Waals surface area (Å²) >= 11 is 1.77. The zero-order chi connectivity index (χ0) is 17.2. The van der Waals surface area contributed by atoms with Crippen LogP contribution in [0, 0.1) is 0 Å². The number of ether oxygens (including phenoxy) is 1. The van der Waals surface area contributed by atoms with E-state index in [0.29, 0.717) is 12.0 Å². The van der Waals surface area contributed by atoms with E-state index in [1.165, 1.54) is 31.2 Å². The number of rotatable bonds is 4. The first-order valence-corrected chi connectivity index (χ1v) is 10.2. The SMILES string of the molecule is CC(COC1CCCC1)c1ccc2c(c1)SCc1ccccc1C2=O. The summed E-state index contributed by atoms with van der Waals surface area (Å²) in [7, 11) is 0. The van der Waals surface area contributed by atoms with E-state index in [0.717, 1.165) is 33.9 Å². The molecule has 2 nitrogen and oxygen atoms in total. The highest BCUT2D eigenvalue weighted by Gasteiger charge is 2.23. The van der Waals surface area contributed by atoms with Gasteiger partial charge in [-0.3, -0.25) is 4.79 Å². The lowest BCUT2D eigenvalue weighted by Crippen LogP contribution is -2.13. The number of thioether (sulfide) groups is 1. The molecule has 1 aliphatic heterocycles. The molecule has 0 N–H and O–H groups in total. The molecular weight excluding hydrogens is 328 g/mol. The van der Waals surface area contributed by atoms with Crippen LogP contribution in [0.1, 0.15) is 65.6 Å². The third-order valence-electron chi connectivity index (χ3n) is 5.35. The van der Waals surface area contributed by atoms with Crippen molar-refractivity contribution in [2.75, 3.05) is 6.61 Å². The van der Waals surface area contributed by atoms with Gasteiger partial charge in [0.25, 0.3) is 0 Å². The molecule has 0 bridgehead atoms. The molecule has 1 heterocycles. The highest BCUT2D eigenvalue weighted by Crippen LogP contribution is 2.35. The first-order chi connectivity index (χ1) is 12.2. The van der Waals surface area contributed by atoms with Crippen molar-refractivity contribution >= 4 is 17.5 Å². The van der Waals surface area contributed by atoms with Crippen molar-refractivity contribution < 1.29 is 9.53 Å². The summed E-state index contributed by atoms with van der Waals surface area (Å²) in [4.78, 5) is 14.0. The molecule has 2 aromatic carbocycles. The van der Waals surface area contributed by atoms with Crippen molar-refractivity contribution in [3.05, 3.63) is 64.7 Å². The Hall–Kier alpha value is -1.58. The van der Waals surface area contributed by atoms with Gasteiger partial charge in [0.15, 0.2) is 5.78 Å². The van der Waals surface area contributed by atoms with Crippen LogP contribution >= 0.6 is 11.8 Å². The molecule has 0 aromatic heterocycles. The van der Waals surface area contributed by atoms with Gasteiger partial charge in [0, 0.05) is 27.7 Å². The van der Waals surface area contributed by atoms with Crippen LogP contribution < -0.4 is 0 Å². The third kappa shape index (κ3) is 3.54. The Balaban J connectivity index is 1.53. The van der Waals surface area contributed by atoms with Crippen molar-refractivity contribution in [1.29, 1.82) is 0 Å². The molecule has 3 heteroatoms. The fourth-order valence-electron chi connectivity index (χ4n) is 3.75.